The van der Waals surface area contributed by atoms with Crippen LogP contribution in [0.25, 0.3) is 21.5 Å². The summed E-state index contributed by atoms with van der Waals surface area (Å²) < 4.78 is 0. The molecular formula is C25H24N4OS. The van der Waals surface area contributed by atoms with E-state index in [1.807, 2.05) is 22.5 Å². The molecule has 4 aromatic rings. The van der Waals surface area contributed by atoms with E-state index in [0.29, 0.717) is 18.8 Å². The van der Waals surface area contributed by atoms with E-state index in [4.69, 9.17) is 0 Å². The van der Waals surface area contributed by atoms with Gasteiger partial charge in [-0.3, -0.25) is 14.7 Å². The van der Waals surface area contributed by atoms with Gasteiger partial charge in [0.25, 0.3) is 5.91 Å². The van der Waals surface area contributed by atoms with Crippen LogP contribution in [-0.2, 0) is 6.54 Å². The van der Waals surface area contributed by atoms with Crippen molar-refractivity contribution in [2.75, 3.05) is 26.2 Å². The van der Waals surface area contributed by atoms with Crippen molar-refractivity contribution in [3.63, 3.8) is 0 Å². The number of pyridine rings is 1. The lowest BCUT2D eigenvalue weighted by Crippen LogP contribution is -2.48. The van der Waals surface area contributed by atoms with Gasteiger partial charge < -0.3 is 4.90 Å². The van der Waals surface area contributed by atoms with E-state index < -0.39 is 0 Å². The van der Waals surface area contributed by atoms with Crippen LogP contribution in [0.5, 0.6) is 0 Å². The first-order valence-corrected chi connectivity index (χ1v) is 11.4. The van der Waals surface area contributed by atoms with Crippen LogP contribution in [0.4, 0.5) is 0 Å². The molecule has 31 heavy (non-hydrogen) atoms. The number of nitrogens with zero attached hydrogens (tertiary/aromatic N) is 4. The molecule has 0 N–H and O–H groups in total. The largest absolute Gasteiger partial charge is 0.335 e. The average molecular weight is 429 g/mol. The van der Waals surface area contributed by atoms with Crippen molar-refractivity contribution in [3.05, 3.63) is 83.0 Å². The number of hydrogen-bond donors (Lipinski definition) is 0. The van der Waals surface area contributed by atoms with Gasteiger partial charge in [-0.15, -0.1) is 11.3 Å². The maximum absolute atomic E-state index is 13.0. The van der Waals surface area contributed by atoms with Crippen LogP contribution in [0.2, 0.25) is 0 Å². The Morgan fingerprint density at radius 1 is 1.00 bits per heavy atom. The number of para-hydroxylation sites is 1. The van der Waals surface area contributed by atoms with Crippen LogP contribution in [0.3, 0.4) is 0 Å². The molecule has 5 rings (SSSR count). The van der Waals surface area contributed by atoms with Crippen molar-refractivity contribution >= 4 is 28.1 Å². The number of carbonyl (C=O) groups excluding carboxylic acids is 1. The van der Waals surface area contributed by atoms with Crippen molar-refractivity contribution in [3.8, 4) is 10.6 Å². The number of rotatable bonds is 4. The smallest absolute Gasteiger partial charge is 0.273 e. The Hall–Kier alpha value is -3.09. The van der Waals surface area contributed by atoms with Crippen LogP contribution in [-0.4, -0.2) is 51.9 Å². The van der Waals surface area contributed by atoms with E-state index in [1.54, 1.807) is 0 Å². The van der Waals surface area contributed by atoms with Crippen molar-refractivity contribution in [2.24, 2.45) is 0 Å². The van der Waals surface area contributed by atoms with E-state index in [9.17, 15) is 4.79 Å². The Labute approximate surface area is 186 Å². The lowest BCUT2D eigenvalue weighted by atomic mass is 10.1. The first-order valence-electron chi connectivity index (χ1n) is 10.5. The van der Waals surface area contributed by atoms with Gasteiger partial charge in [0.15, 0.2) is 0 Å². The second-order valence-corrected chi connectivity index (χ2v) is 8.82. The number of thiazole rings is 1. The minimum atomic E-state index is 0.0288. The van der Waals surface area contributed by atoms with E-state index in [-0.39, 0.29) is 5.91 Å². The molecule has 1 aliphatic heterocycles. The summed E-state index contributed by atoms with van der Waals surface area (Å²) in [7, 11) is 0. The van der Waals surface area contributed by atoms with E-state index in [1.165, 1.54) is 27.8 Å². The summed E-state index contributed by atoms with van der Waals surface area (Å²) in [6.07, 6.45) is 1.85. The predicted octanol–water partition coefficient (Wildman–Crippen LogP) is 4.62. The zero-order valence-corrected chi connectivity index (χ0v) is 18.3. The summed E-state index contributed by atoms with van der Waals surface area (Å²) in [5.74, 6) is 0.0288. The van der Waals surface area contributed by atoms with Gasteiger partial charge in [-0.25, -0.2) is 4.98 Å². The highest BCUT2D eigenvalue weighted by molar-refractivity contribution is 7.13. The van der Waals surface area contributed by atoms with Gasteiger partial charge in [-0.1, -0.05) is 54.1 Å². The highest BCUT2D eigenvalue weighted by Gasteiger charge is 2.24. The molecule has 0 saturated carbocycles. The molecule has 2 aromatic heterocycles. The SMILES string of the molecule is Cc1ccc(-c2nc(C(=O)N3CCN(Cc4cccc5cccnc45)CC3)cs2)cc1. The summed E-state index contributed by atoms with van der Waals surface area (Å²) in [6.45, 7) is 6.05. The molecule has 5 nitrogen and oxygen atoms in total. The third kappa shape index (κ3) is 4.22. The molecule has 6 heteroatoms. The van der Waals surface area contributed by atoms with Gasteiger partial charge in [0.2, 0.25) is 0 Å². The molecule has 0 bridgehead atoms. The molecule has 1 saturated heterocycles. The summed E-state index contributed by atoms with van der Waals surface area (Å²) in [6, 6.07) is 18.7. The molecule has 1 amide bonds. The number of fused-ring (bicyclic) bond motifs is 1. The number of aryl methyl sites for hydroxylation is 1. The standard InChI is InChI=1S/C25H24N4OS/c1-18-7-9-20(10-8-18)24-27-22(17-31-24)25(30)29-14-12-28(13-15-29)16-21-5-2-4-19-6-3-11-26-23(19)21/h2-11,17H,12-16H2,1H3. The molecular weight excluding hydrogens is 404 g/mol. The summed E-state index contributed by atoms with van der Waals surface area (Å²) in [5, 5.41) is 3.94. The van der Waals surface area contributed by atoms with Gasteiger partial charge in [0, 0.05) is 55.3 Å². The molecule has 156 valence electrons. The second kappa shape index (κ2) is 8.57. The fraction of sp³-hybridized carbons (Fsp3) is 0.240. The first-order chi connectivity index (χ1) is 15.2. The van der Waals surface area contributed by atoms with E-state index >= 15 is 0 Å². The van der Waals surface area contributed by atoms with Crippen molar-refractivity contribution in [1.82, 2.24) is 19.8 Å². The number of piperazine rings is 1. The summed E-state index contributed by atoms with van der Waals surface area (Å²) in [5.41, 5.74) is 5.12. The van der Waals surface area contributed by atoms with Gasteiger partial charge in [0.05, 0.1) is 5.52 Å². The average Bonchev–Trinajstić information content (AvgIpc) is 3.30. The number of aromatic nitrogens is 2. The minimum Gasteiger partial charge on any atom is -0.335 e. The lowest BCUT2D eigenvalue weighted by Gasteiger charge is -2.34. The predicted molar refractivity (Wildman–Crippen MR) is 125 cm³/mol. The highest BCUT2D eigenvalue weighted by Crippen LogP contribution is 2.25. The Balaban J connectivity index is 1.22. The van der Waals surface area contributed by atoms with Gasteiger partial charge in [-0.05, 0) is 18.6 Å². The molecule has 1 fully saturated rings. The third-order valence-corrected chi connectivity index (χ3v) is 6.68. The van der Waals surface area contributed by atoms with Crippen molar-refractivity contribution in [2.45, 2.75) is 13.5 Å². The van der Waals surface area contributed by atoms with Gasteiger partial charge in [-0.2, -0.15) is 0 Å². The lowest BCUT2D eigenvalue weighted by molar-refractivity contribution is 0.0624. The maximum Gasteiger partial charge on any atom is 0.273 e. The van der Waals surface area contributed by atoms with Crippen molar-refractivity contribution < 1.29 is 4.79 Å². The zero-order valence-electron chi connectivity index (χ0n) is 17.5. The molecule has 1 aliphatic rings. The number of amides is 1. The number of hydrogen-bond acceptors (Lipinski definition) is 5. The third-order valence-electron chi connectivity index (χ3n) is 5.79. The normalized spacial score (nSPS) is 14.8. The van der Waals surface area contributed by atoms with Gasteiger partial charge in [0.1, 0.15) is 10.7 Å². The zero-order chi connectivity index (χ0) is 21.2. The fourth-order valence-corrected chi connectivity index (χ4v) is 4.81. The molecule has 3 heterocycles. The minimum absolute atomic E-state index is 0.0288. The van der Waals surface area contributed by atoms with Crippen LogP contribution >= 0.6 is 11.3 Å². The monoisotopic (exact) mass is 428 g/mol. The number of carbonyl (C=O) groups is 1. The second-order valence-electron chi connectivity index (χ2n) is 7.96. The van der Waals surface area contributed by atoms with Crippen LogP contribution in [0, 0.1) is 6.92 Å². The van der Waals surface area contributed by atoms with Gasteiger partial charge >= 0.3 is 0 Å². The van der Waals surface area contributed by atoms with E-state index in [2.05, 4.69) is 70.3 Å². The highest BCUT2D eigenvalue weighted by atomic mass is 32.1. The van der Waals surface area contributed by atoms with Crippen molar-refractivity contribution in [1.29, 1.82) is 0 Å². The summed E-state index contributed by atoms with van der Waals surface area (Å²) in [4.78, 5) is 26.5. The molecule has 2 aromatic carbocycles. The van der Waals surface area contributed by atoms with Crippen LogP contribution in [0.15, 0.2) is 66.2 Å². The molecule has 0 radical (unpaired) electrons. The molecule has 0 atom stereocenters. The van der Waals surface area contributed by atoms with Crippen LogP contribution < -0.4 is 0 Å². The first kappa shape index (κ1) is 19.8. The maximum atomic E-state index is 13.0. The summed E-state index contributed by atoms with van der Waals surface area (Å²) >= 11 is 1.53. The van der Waals surface area contributed by atoms with Crippen LogP contribution in [0.1, 0.15) is 21.6 Å². The Bertz CT molecular complexity index is 1200. The Morgan fingerprint density at radius 3 is 2.58 bits per heavy atom. The molecule has 0 unspecified atom stereocenters. The fourth-order valence-electron chi connectivity index (χ4n) is 4.01. The molecule has 0 aliphatic carbocycles. The number of benzene rings is 2. The Kier molecular flexibility index (Phi) is 5.49. The topological polar surface area (TPSA) is 49.3 Å². The quantitative estimate of drug-likeness (QED) is 0.476. The Morgan fingerprint density at radius 2 is 1.77 bits per heavy atom. The van der Waals surface area contributed by atoms with E-state index in [0.717, 1.165) is 35.7 Å². The molecule has 0 spiro atoms.